The van der Waals surface area contributed by atoms with Crippen LogP contribution in [0.5, 0.6) is 11.5 Å². The summed E-state index contributed by atoms with van der Waals surface area (Å²) in [5.41, 5.74) is 0.355. The number of nitrogens with one attached hydrogen (secondary N) is 1. The summed E-state index contributed by atoms with van der Waals surface area (Å²) < 4.78 is 15.7. The van der Waals surface area contributed by atoms with Crippen LogP contribution in [0.4, 0.5) is 0 Å². The summed E-state index contributed by atoms with van der Waals surface area (Å²) in [6, 6.07) is 15.7. The Morgan fingerprint density at radius 1 is 0.912 bits per heavy atom. The van der Waals surface area contributed by atoms with Crippen molar-refractivity contribution < 1.29 is 33.4 Å². The minimum atomic E-state index is -0.716. The van der Waals surface area contributed by atoms with E-state index >= 15 is 0 Å². The highest BCUT2D eigenvalue weighted by molar-refractivity contribution is 5.96. The van der Waals surface area contributed by atoms with Crippen LogP contribution in [0.1, 0.15) is 30.1 Å². The number of benzene rings is 2. The van der Waals surface area contributed by atoms with Crippen LogP contribution in [-0.4, -0.2) is 61.5 Å². The normalized spacial score (nSPS) is 13.6. The SMILES string of the molecule is CCOC(=O)C1CCN(C(=O)COC(=O)CNC(=O)c2ccc(Oc3ccccc3)cc2)CC1. The van der Waals surface area contributed by atoms with E-state index in [0.717, 1.165) is 0 Å². The lowest BCUT2D eigenvalue weighted by atomic mass is 9.97. The van der Waals surface area contributed by atoms with E-state index < -0.39 is 18.5 Å². The Morgan fingerprint density at radius 3 is 2.21 bits per heavy atom. The summed E-state index contributed by atoms with van der Waals surface area (Å²) in [5, 5.41) is 2.47. The fourth-order valence-corrected chi connectivity index (χ4v) is 3.46. The third-order valence-electron chi connectivity index (χ3n) is 5.31. The lowest BCUT2D eigenvalue weighted by Crippen LogP contribution is -2.43. The summed E-state index contributed by atoms with van der Waals surface area (Å²) >= 11 is 0. The van der Waals surface area contributed by atoms with Crippen molar-refractivity contribution in [1.29, 1.82) is 0 Å². The number of nitrogens with zero attached hydrogens (tertiary/aromatic N) is 1. The number of piperidine rings is 1. The predicted molar refractivity (Wildman–Crippen MR) is 122 cm³/mol. The number of hydrogen-bond donors (Lipinski definition) is 1. The smallest absolute Gasteiger partial charge is 0.325 e. The minimum Gasteiger partial charge on any atom is -0.466 e. The van der Waals surface area contributed by atoms with Gasteiger partial charge in [-0.1, -0.05) is 18.2 Å². The predicted octanol–water partition coefficient (Wildman–Crippen LogP) is 2.55. The minimum absolute atomic E-state index is 0.208. The van der Waals surface area contributed by atoms with Gasteiger partial charge in [-0.2, -0.15) is 0 Å². The molecule has 1 aliphatic rings. The van der Waals surface area contributed by atoms with Crippen molar-refractivity contribution in [1.82, 2.24) is 10.2 Å². The molecule has 180 valence electrons. The average molecular weight is 469 g/mol. The van der Waals surface area contributed by atoms with Gasteiger partial charge in [0.25, 0.3) is 11.8 Å². The van der Waals surface area contributed by atoms with Crippen molar-refractivity contribution in [3.8, 4) is 11.5 Å². The Balaban J connectivity index is 1.35. The van der Waals surface area contributed by atoms with E-state index in [9.17, 15) is 19.2 Å². The molecule has 0 saturated carbocycles. The summed E-state index contributed by atoms with van der Waals surface area (Å²) in [6.45, 7) is 2.12. The standard InChI is InChI=1S/C25H28N2O7/c1-2-32-25(31)19-12-14-27(15-13-19)22(28)17-33-23(29)16-26-24(30)18-8-10-21(11-9-18)34-20-6-4-3-5-7-20/h3-11,19H,2,12-17H2,1H3,(H,26,30). The second-order valence-corrected chi connectivity index (χ2v) is 7.69. The molecule has 9 nitrogen and oxygen atoms in total. The van der Waals surface area contributed by atoms with E-state index in [1.807, 2.05) is 30.3 Å². The van der Waals surface area contributed by atoms with Crippen molar-refractivity contribution in [2.75, 3.05) is 32.8 Å². The van der Waals surface area contributed by atoms with Gasteiger partial charge < -0.3 is 24.4 Å². The molecule has 0 unspecified atom stereocenters. The van der Waals surface area contributed by atoms with Crippen LogP contribution in [0.3, 0.4) is 0 Å². The second-order valence-electron chi connectivity index (χ2n) is 7.69. The van der Waals surface area contributed by atoms with E-state index in [1.54, 1.807) is 36.1 Å². The summed E-state index contributed by atoms with van der Waals surface area (Å²) in [5.74, 6) is -0.693. The van der Waals surface area contributed by atoms with Crippen LogP contribution in [0, 0.1) is 5.92 Å². The molecular weight excluding hydrogens is 440 g/mol. The molecule has 34 heavy (non-hydrogen) atoms. The molecule has 0 aliphatic carbocycles. The van der Waals surface area contributed by atoms with Gasteiger partial charge in [0.05, 0.1) is 12.5 Å². The number of hydrogen-bond acceptors (Lipinski definition) is 7. The molecule has 0 aromatic heterocycles. The van der Waals surface area contributed by atoms with Crippen molar-refractivity contribution in [3.05, 3.63) is 60.2 Å². The second kappa shape index (κ2) is 12.4. The lowest BCUT2D eigenvalue weighted by molar-refractivity contribution is -0.154. The summed E-state index contributed by atoms with van der Waals surface area (Å²) in [4.78, 5) is 49.8. The molecule has 1 aliphatic heterocycles. The number of ether oxygens (including phenoxy) is 3. The zero-order chi connectivity index (χ0) is 24.3. The van der Waals surface area contributed by atoms with Gasteiger partial charge in [0.15, 0.2) is 6.61 Å². The molecule has 0 radical (unpaired) electrons. The average Bonchev–Trinajstić information content (AvgIpc) is 2.87. The third kappa shape index (κ3) is 7.33. The van der Waals surface area contributed by atoms with Gasteiger partial charge in [-0.3, -0.25) is 19.2 Å². The van der Waals surface area contributed by atoms with Gasteiger partial charge in [-0.05, 0) is 56.2 Å². The van der Waals surface area contributed by atoms with E-state index in [2.05, 4.69) is 5.32 Å². The molecule has 1 heterocycles. The molecule has 2 amide bonds. The first-order valence-corrected chi connectivity index (χ1v) is 11.2. The Bertz CT molecular complexity index is 984. The molecule has 0 atom stereocenters. The van der Waals surface area contributed by atoms with Gasteiger partial charge in [0.1, 0.15) is 18.0 Å². The van der Waals surface area contributed by atoms with Crippen molar-refractivity contribution in [3.63, 3.8) is 0 Å². The first kappa shape index (κ1) is 24.8. The molecule has 0 bridgehead atoms. The third-order valence-corrected chi connectivity index (χ3v) is 5.31. The van der Waals surface area contributed by atoms with Gasteiger partial charge >= 0.3 is 11.9 Å². The number of likely N-dealkylation sites (tertiary alicyclic amines) is 1. The highest BCUT2D eigenvalue weighted by Crippen LogP contribution is 2.21. The Hall–Kier alpha value is -3.88. The number of rotatable bonds is 9. The number of para-hydroxylation sites is 1. The Morgan fingerprint density at radius 2 is 1.56 bits per heavy atom. The maximum absolute atomic E-state index is 12.3. The molecule has 0 spiro atoms. The topological polar surface area (TPSA) is 111 Å². The molecular formula is C25H28N2O7. The maximum Gasteiger partial charge on any atom is 0.325 e. The molecule has 1 saturated heterocycles. The number of esters is 2. The Kier molecular flexibility index (Phi) is 9.02. The zero-order valence-electron chi connectivity index (χ0n) is 19.0. The molecule has 1 fully saturated rings. The largest absolute Gasteiger partial charge is 0.466 e. The number of carbonyl (C=O) groups is 4. The summed E-state index contributed by atoms with van der Waals surface area (Å²) in [7, 11) is 0. The van der Waals surface area contributed by atoms with Crippen LogP contribution >= 0.6 is 0 Å². The molecule has 9 heteroatoms. The van der Waals surface area contributed by atoms with Gasteiger partial charge in [-0.25, -0.2) is 0 Å². The van der Waals surface area contributed by atoms with Crippen molar-refractivity contribution in [2.24, 2.45) is 5.92 Å². The molecule has 2 aromatic rings. The number of carbonyl (C=O) groups excluding carboxylic acids is 4. The molecule has 3 rings (SSSR count). The highest BCUT2D eigenvalue weighted by Gasteiger charge is 2.28. The fourth-order valence-electron chi connectivity index (χ4n) is 3.46. The first-order valence-electron chi connectivity index (χ1n) is 11.2. The Labute approximate surface area is 198 Å². The molecule has 2 aromatic carbocycles. The monoisotopic (exact) mass is 468 g/mol. The quantitative estimate of drug-likeness (QED) is 0.563. The highest BCUT2D eigenvalue weighted by atomic mass is 16.5. The number of amides is 2. The van der Waals surface area contributed by atoms with E-state index in [0.29, 0.717) is 49.6 Å². The van der Waals surface area contributed by atoms with Crippen molar-refractivity contribution >= 4 is 23.8 Å². The maximum atomic E-state index is 12.3. The van der Waals surface area contributed by atoms with Crippen LogP contribution in [0.15, 0.2) is 54.6 Å². The zero-order valence-corrected chi connectivity index (χ0v) is 19.0. The summed E-state index contributed by atoms with van der Waals surface area (Å²) in [6.07, 6.45) is 1.04. The first-order chi connectivity index (χ1) is 16.5. The van der Waals surface area contributed by atoms with Crippen LogP contribution < -0.4 is 10.1 Å². The van der Waals surface area contributed by atoms with Crippen molar-refractivity contribution in [2.45, 2.75) is 19.8 Å². The van der Waals surface area contributed by atoms with Gasteiger partial charge in [0.2, 0.25) is 0 Å². The van der Waals surface area contributed by atoms with E-state index in [1.165, 1.54) is 0 Å². The lowest BCUT2D eigenvalue weighted by Gasteiger charge is -2.30. The van der Waals surface area contributed by atoms with Gasteiger partial charge in [-0.15, -0.1) is 0 Å². The van der Waals surface area contributed by atoms with Crippen LogP contribution in [-0.2, 0) is 23.9 Å². The fraction of sp³-hybridized carbons (Fsp3) is 0.360. The van der Waals surface area contributed by atoms with Crippen LogP contribution in [0.2, 0.25) is 0 Å². The van der Waals surface area contributed by atoms with E-state index in [-0.39, 0.29) is 24.3 Å². The van der Waals surface area contributed by atoms with Gasteiger partial charge in [0, 0.05) is 18.7 Å². The van der Waals surface area contributed by atoms with Crippen LogP contribution in [0.25, 0.3) is 0 Å². The molecule has 1 N–H and O–H groups in total. The van der Waals surface area contributed by atoms with E-state index in [4.69, 9.17) is 14.2 Å².